The van der Waals surface area contributed by atoms with Gasteiger partial charge in [-0.1, -0.05) is 39.3 Å². The Bertz CT molecular complexity index is 1610. The molecule has 3 saturated carbocycles. The molecule has 0 unspecified atom stereocenters. The molecule has 26 atom stereocenters. The van der Waals surface area contributed by atoms with E-state index in [1.807, 2.05) is 0 Å². The maximum absolute atomic E-state index is 11.6. The van der Waals surface area contributed by atoms with E-state index in [4.69, 9.17) is 37.9 Å². The van der Waals surface area contributed by atoms with E-state index in [1.54, 1.807) is 0 Å². The Labute approximate surface area is 363 Å². The fourth-order valence-electron chi connectivity index (χ4n) is 14.0. The van der Waals surface area contributed by atoms with Crippen molar-refractivity contribution >= 4 is 0 Å². The second kappa shape index (κ2) is 17.3. The SMILES string of the molecule is C[C@@H]1CC[C@@]2(OC1)O[C@H]1C[C@H]3[C@@H]4CC=C5C[C@@H](O[C@@H]6O[C@H](CO)[C@@H](O)[C@H](O[C@@H]7O[C@H](CO)[C@@H](O)[C@H](O)[C@H]7O)[C@H]6O[C@H]6O[C@@H](C)[C@H](O)[C@@H](O)[C@H]6O)CC[C@]5(C)[C@H]4CC[C@]3(C)[C@H]1[C@@H]2C. The number of aliphatic hydroxyl groups is 9. The van der Waals surface area contributed by atoms with Crippen molar-refractivity contribution in [2.24, 2.45) is 46.3 Å². The lowest BCUT2D eigenvalue weighted by Gasteiger charge is -2.59. The quantitative estimate of drug-likeness (QED) is 0.148. The second-order valence-electron chi connectivity index (χ2n) is 21.1. The van der Waals surface area contributed by atoms with Crippen molar-refractivity contribution in [3.8, 4) is 0 Å². The molecule has 354 valence electrons. The van der Waals surface area contributed by atoms with Crippen LogP contribution in [-0.2, 0) is 37.9 Å². The van der Waals surface area contributed by atoms with E-state index in [-0.39, 0.29) is 16.9 Å². The summed E-state index contributed by atoms with van der Waals surface area (Å²) in [6.07, 6.45) is -12.4. The molecule has 0 radical (unpaired) electrons. The zero-order valence-electron chi connectivity index (χ0n) is 36.6. The summed E-state index contributed by atoms with van der Waals surface area (Å²) < 4.78 is 50.3. The van der Waals surface area contributed by atoms with Crippen LogP contribution in [-0.4, -0.2) is 176 Å². The molecule has 5 saturated heterocycles. The van der Waals surface area contributed by atoms with Gasteiger partial charge in [0, 0.05) is 12.3 Å². The second-order valence-corrected chi connectivity index (χ2v) is 21.1. The Kier molecular flexibility index (Phi) is 12.9. The van der Waals surface area contributed by atoms with Crippen LogP contribution in [0.5, 0.6) is 0 Å². The number of allylic oxidation sites excluding steroid dienone is 1. The van der Waals surface area contributed by atoms with E-state index in [0.29, 0.717) is 48.3 Å². The Morgan fingerprint density at radius 1 is 0.677 bits per heavy atom. The van der Waals surface area contributed by atoms with Crippen molar-refractivity contribution in [2.45, 2.75) is 203 Å². The summed E-state index contributed by atoms with van der Waals surface area (Å²) in [6, 6.07) is 0. The average Bonchev–Trinajstić information content (AvgIpc) is 3.70. The highest BCUT2D eigenvalue weighted by molar-refractivity contribution is 5.26. The summed E-state index contributed by atoms with van der Waals surface area (Å²) in [6.45, 7) is 10.4. The minimum Gasteiger partial charge on any atom is -0.394 e. The van der Waals surface area contributed by atoms with Gasteiger partial charge < -0.3 is 83.9 Å². The Morgan fingerprint density at radius 2 is 1.34 bits per heavy atom. The number of rotatable bonds is 8. The van der Waals surface area contributed by atoms with Crippen molar-refractivity contribution in [1.29, 1.82) is 0 Å². The molecule has 9 aliphatic rings. The van der Waals surface area contributed by atoms with Gasteiger partial charge in [0.1, 0.15) is 67.1 Å². The summed E-state index contributed by atoms with van der Waals surface area (Å²) in [5, 5.41) is 95.8. The zero-order chi connectivity index (χ0) is 44.2. The highest BCUT2D eigenvalue weighted by atomic mass is 16.8. The van der Waals surface area contributed by atoms with Crippen LogP contribution in [0.3, 0.4) is 0 Å². The maximum atomic E-state index is 11.6. The van der Waals surface area contributed by atoms with Crippen molar-refractivity contribution in [2.75, 3.05) is 19.8 Å². The Morgan fingerprint density at radius 3 is 2.03 bits per heavy atom. The van der Waals surface area contributed by atoms with Gasteiger partial charge in [-0.25, -0.2) is 0 Å². The molecular formula is C45H72O17. The zero-order valence-corrected chi connectivity index (χ0v) is 36.6. The number of hydrogen-bond donors (Lipinski definition) is 9. The predicted octanol–water partition coefficient (Wildman–Crippen LogP) is 0.214. The molecule has 0 amide bonds. The largest absolute Gasteiger partial charge is 0.394 e. The van der Waals surface area contributed by atoms with Gasteiger partial charge in [-0.15, -0.1) is 0 Å². The van der Waals surface area contributed by atoms with Gasteiger partial charge in [-0.2, -0.15) is 0 Å². The van der Waals surface area contributed by atoms with Crippen LogP contribution in [0.25, 0.3) is 0 Å². The van der Waals surface area contributed by atoms with Crippen molar-refractivity contribution in [1.82, 2.24) is 0 Å². The highest BCUT2D eigenvalue weighted by Crippen LogP contribution is 2.70. The summed E-state index contributed by atoms with van der Waals surface area (Å²) in [5.41, 5.74) is 1.45. The molecule has 17 nitrogen and oxygen atoms in total. The third-order valence-corrected chi connectivity index (χ3v) is 17.7. The van der Waals surface area contributed by atoms with Crippen LogP contribution in [0.4, 0.5) is 0 Å². The molecule has 9 rings (SSSR count). The molecule has 9 N–H and O–H groups in total. The van der Waals surface area contributed by atoms with Gasteiger partial charge in [0.2, 0.25) is 0 Å². The van der Waals surface area contributed by atoms with Gasteiger partial charge in [-0.05, 0) is 98.7 Å². The fraction of sp³-hybridized carbons (Fsp3) is 0.956. The van der Waals surface area contributed by atoms with Crippen LogP contribution in [0.2, 0.25) is 0 Å². The average molecular weight is 885 g/mol. The van der Waals surface area contributed by atoms with E-state index in [9.17, 15) is 46.0 Å². The lowest BCUT2D eigenvalue weighted by Crippen LogP contribution is -2.67. The van der Waals surface area contributed by atoms with E-state index in [0.717, 1.165) is 51.6 Å². The van der Waals surface area contributed by atoms with Crippen LogP contribution in [0, 0.1) is 46.3 Å². The van der Waals surface area contributed by atoms with Crippen LogP contribution < -0.4 is 0 Å². The first-order valence-corrected chi connectivity index (χ1v) is 23.4. The number of ether oxygens (including phenoxy) is 8. The van der Waals surface area contributed by atoms with Gasteiger partial charge in [0.05, 0.1) is 38.1 Å². The van der Waals surface area contributed by atoms with Crippen molar-refractivity contribution < 1.29 is 83.9 Å². The predicted molar refractivity (Wildman–Crippen MR) is 214 cm³/mol. The highest BCUT2D eigenvalue weighted by Gasteiger charge is 2.69. The van der Waals surface area contributed by atoms with Gasteiger partial charge >= 0.3 is 0 Å². The Hall–Kier alpha value is -0.940. The van der Waals surface area contributed by atoms with Crippen LogP contribution in [0.15, 0.2) is 11.6 Å². The maximum Gasteiger partial charge on any atom is 0.187 e. The first kappa shape index (κ1) is 46.2. The number of hydrogen-bond acceptors (Lipinski definition) is 17. The summed E-state index contributed by atoms with van der Waals surface area (Å²) in [7, 11) is 0. The molecule has 0 bridgehead atoms. The standard InChI is InChI=1S/C45H72O17/c1-19-8-13-45(55-18-19)20(2)30-27(62-45)15-26-24-7-6-22-14-23(9-11-43(22,4)25(24)10-12-44(26,30)5)57-42-39(61-40-36(53)34(51)31(48)21(3)56-40)38(33(50)29(17-47)59-42)60-41-37(54)35(52)32(49)28(16-46)58-41/h6,19-21,23-42,46-54H,7-18H2,1-5H3/t19-,20+,21+,23+,24-,25+,26+,27+,28-,29-,30+,31+,32-,33-,34-,35+,36-,37-,38+,39-,40-,41+,42-,43+,44+,45-/m1/s1. The lowest BCUT2D eigenvalue weighted by molar-refractivity contribution is -0.394. The molecule has 5 heterocycles. The van der Waals surface area contributed by atoms with E-state index in [1.165, 1.54) is 12.5 Å². The summed E-state index contributed by atoms with van der Waals surface area (Å²) in [5.74, 6) is 2.52. The van der Waals surface area contributed by atoms with E-state index in [2.05, 4.69) is 33.8 Å². The molecule has 0 aromatic carbocycles. The van der Waals surface area contributed by atoms with E-state index < -0.39 is 117 Å². The fourth-order valence-corrected chi connectivity index (χ4v) is 14.0. The smallest absolute Gasteiger partial charge is 0.187 e. The molecule has 1 spiro atoms. The third-order valence-electron chi connectivity index (χ3n) is 17.7. The molecule has 17 heteroatoms. The molecule has 8 fully saturated rings. The minimum atomic E-state index is -1.84. The van der Waals surface area contributed by atoms with Crippen molar-refractivity contribution in [3.63, 3.8) is 0 Å². The molecule has 5 aliphatic heterocycles. The normalized spacial score (nSPS) is 57.6. The first-order chi connectivity index (χ1) is 29.4. The third kappa shape index (κ3) is 7.49. The minimum absolute atomic E-state index is 0.0484. The topological polar surface area (TPSA) is 256 Å². The van der Waals surface area contributed by atoms with Crippen LogP contribution >= 0.6 is 0 Å². The van der Waals surface area contributed by atoms with E-state index >= 15 is 0 Å². The molecule has 4 aliphatic carbocycles. The van der Waals surface area contributed by atoms with Gasteiger partial charge in [0.25, 0.3) is 0 Å². The summed E-state index contributed by atoms with van der Waals surface area (Å²) in [4.78, 5) is 0. The monoisotopic (exact) mass is 884 g/mol. The number of fused-ring (bicyclic) bond motifs is 7. The van der Waals surface area contributed by atoms with Gasteiger partial charge in [0.15, 0.2) is 24.7 Å². The van der Waals surface area contributed by atoms with Crippen LogP contribution in [0.1, 0.15) is 92.4 Å². The van der Waals surface area contributed by atoms with Crippen molar-refractivity contribution in [3.05, 3.63) is 11.6 Å². The molecule has 0 aromatic rings. The number of aliphatic hydroxyl groups excluding tert-OH is 9. The lowest BCUT2D eigenvalue weighted by atomic mass is 9.47. The van der Waals surface area contributed by atoms with Gasteiger partial charge in [-0.3, -0.25) is 0 Å². The molecule has 62 heavy (non-hydrogen) atoms. The molecule has 0 aromatic heterocycles. The molecular weight excluding hydrogens is 812 g/mol. The summed E-state index contributed by atoms with van der Waals surface area (Å²) >= 11 is 0. The first-order valence-electron chi connectivity index (χ1n) is 23.4. The Balaban J connectivity index is 0.940.